The molecule has 1 aliphatic rings. The zero-order chi connectivity index (χ0) is 28.7. The maximum absolute atomic E-state index is 12.6. The van der Waals surface area contributed by atoms with E-state index in [9.17, 15) is 4.79 Å². The molecule has 0 aliphatic carbocycles. The molecule has 0 spiro atoms. The number of carbonyl (C=O) groups excluding carboxylic acids is 1. The highest BCUT2D eigenvalue weighted by atomic mass is 16.5. The average Bonchev–Trinajstić information content (AvgIpc) is 3.68. The Balaban J connectivity index is 1.11. The molecule has 214 valence electrons. The van der Waals surface area contributed by atoms with Crippen LogP contribution in [0.4, 0.5) is 17.3 Å². The van der Waals surface area contributed by atoms with Gasteiger partial charge >= 0.3 is 0 Å². The highest BCUT2D eigenvalue weighted by molar-refractivity contribution is 5.94. The summed E-state index contributed by atoms with van der Waals surface area (Å²) in [6.07, 6.45) is 1.89. The van der Waals surface area contributed by atoms with Crippen molar-refractivity contribution in [2.24, 2.45) is 0 Å². The first-order chi connectivity index (χ1) is 20.6. The van der Waals surface area contributed by atoms with Gasteiger partial charge in [0, 0.05) is 23.5 Å². The topological polar surface area (TPSA) is 93.0 Å². The van der Waals surface area contributed by atoms with Crippen LogP contribution < -0.4 is 20.1 Å². The third-order valence-corrected chi connectivity index (χ3v) is 7.20. The summed E-state index contributed by atoms with van der Waals surface area (Å²) in [7, 11) is 0. The second-order valence-electron chi connectivity index (χ2n) is 10.3. The zero-order valence-corrected chi connectivity index (χ0v) is 23.6. The minimum absolute atomic E-state index is 0.220. The van der Waals surface area contributed by atoms with Gasteiger partial charge in [0.05, 0.1) is 5.69 Å². The number of likely N-dealkylation sites (tertiary alicyclic amines) is 1. The number of para-hydroxylation sites is 1. The Morgan fingerprint density at radius 2 is 1.67 bits per heavy atom. The average molecular weight is 563 g/mol. The van der Waals surface area contributed by atoms with E-state index in [0.717, 1.165) is 34.9 Å². The molecule has 3 aromatic carbocycles. The Morgan fingerprint density at radius 3 is 2.48 bits per heavy atom. The third-order valence-electron chi connectivity index (χ3n) is 7.20. The predicted molar refractivity (Wildman–Crippen MR) is 164 cm³/mol. The molecule has 0 saturated carbocycles. The number of hydrogen-bond donors (Lipinski definition) is 2. The summed E-state index contributed by atoms with van der Waals surface area (Å²) in [6, 6.07) is 30.6. The van der Waals surface area contributed by atoms with Crippen LogP contribution in [-0.2, 0) is 4.79 Å². The number of ether oxygens (including phenoxy) is 2. The Kier molecular flexibility index (Phi) is 8.28. The second kappa shape index (κ2) is 12.7. The van der Waals surface area contributed by atoms with E-state index >= 15 is 0 Å². The first-order valence-corrected chi connectivity index (χ1v) is 14.3. The second-order valence-corrected chi connectivity index (χ2v) is 10.3. The molecule has 1 unspecified atom stereocenters. The van der Waals surface area contributed by atoms with Crippen LogP contribution in [0.2, 0.25) is 0 Å². The molecule has 9 heteroatoms. The Labute approximate surface area is 245 Å². The Morgan fingerprint density at radius 1 is 0.881 bits per heavy atom. The fourth-order valence-electron chi connectivity index (χ4n) is 4.99. The molecule has 2 aromatic heterocycles. The lowest BCUT2D eigenvalue weighted by Crippen LogP contribution is -2.30. The number of pyridine rings is 1. The van der Waals surface area contributed by atoms with Crippen molar-refractivity contribution in [3.63, 3.8) is 0 Å². The molecule has 1 saturated heterocycles. The third kappa shape index (κ3) is 6.70. The maximum atomic E-state index is 12.6. The summed E-state index contributed by atoms with van der Waals surface area (Å²) < 4.78 is 13.7. The van der Waals surface area contributed by atoms with Crippen molar-refractivity contribution in [2.75, 3.05) is 36.9 Å². The molecule has 3 heterocycles. The Bertz CT molecular complexity index is 1630. The number of fused-ring (bicyclic) bond motifs is 1. The zero-order valence-electron chi connectivity index (χ0n) is 23.6. The van der Waals surface area contributed by atoms with Crippen molar-refractivity contribution in [1.29, 1.82) is 0 Å². The van der Waals surface area contributed by atoms with Crippen LogP contribution >= 0.6 is 0 Å². The van der Waals surface area contributed by atoms with Crippen LogP contribution in [0.3, 0.4) is 0 Å². The number of aromatic nitrogens is 3. The van der Waals surface area contributed by atoms with Crippen molar-refractivity contribution >= 4 is 28.9 Å². The quantitative estimate of drug-likeness (QED) is 0.203. The number of nitrogens with one attached hydrogen (secondary N) is 2. The summed E-state index contributed by atoms with van der Waals surface area (Å²) in [5.41, 5.74) is 4.05. The van der Waals surface area contributed by atoms with Crippen LogP contribution in [0.15, 0.2) is 97.1 Å². The fourth-order valence-corrected chi connectivity index (χ4v) is 4.99. The van der Waals surface area contributed by atoms with Gasteiger partial charge in [-0.1, -0.05) is 36.4 Å². The van der Waals surface area contributed by atoms with Crippen LogP contribution in [-0.4, -0.2) is 57.8 Å². The summed E-state index contributed by atoms with van der Waals surface area (Å²) in [6.45, 7) is 5.73. The lowest BCUT2D eigenvalue weighted by atomic mass is 10.1. The monoisotopic (exact) mass is 562 g/mol. The molecular weight excluding hydrogens is 528 g/mol. The predicted octanol–water partition coefficient (Wildman–Crippen LogP) is 6.02. The van der Waals surface area contributed by atoms with E-state index in [1.165, 1.54) is 25.9 Å². The van der Waals surface area contributed by atoms with E-state index in [4.69, 9.17) is 14.6 Å². The van der Waals surface area contributed by atoms with E-state index < -0.39 is 6.10 Å². The number of benzene rings is 3. The molecule has 9 nitrogen and oxygen atoms in total. The SMILES string of the molecule is CC(Oc1cccc(-c2cccc3nc(Nc4ccc(OCCN5CCCC5)cc4)nn23)c1)C(=O)Nc1ccccc1. The minimum Gasteiger partial charge on any atom is -0.492 e. The molecule has 2 N–H and O–H groups in total. The summed E-state index contributed by atoms with van der Waals surface area (Å²) >= 11 is 0. The van der Waals surface area contributed by atoms with Crippen molar-refractivity contribution < 1.29 is 14.3 Å². The summed E-state index contributed by atoms with van der Waals surface area (Å²) in [5.74, 6) is 1.70. The first kappa shape index (κ1) is 27.3. The molecular formula is C33H34N6O3. The van der Waals surface area contributed by atoms with Crippen molar-refractivity contribution in [2.45, 2.75) is 25.9 Å². The van der Waals surface area contributed by atoms with E-state index in [0.29, 0.717) is 24.0 Å². The van der Waals surface area contributed by atoms with Crippen molar-refractivity contribution in [3.05, 3.63) is 97.1 Å². The van der Waals surface area contributed by atoms with Crippen LogP contribution in [0.5, 0.6) is 11.5 Å². The number of amides is 1. The van der Waals surface area contributed by atoms with Gasteiger partial charge < -0.3 is 20.1 Å². The molecule has 1 fully saturated rings. The summed E-state index contributed by atoms with van der Waals surface area (Å²) in [4.78, 5) is 19.7. The van der Waals surface area contributed by atoms with E-state index in [1.807, 2.05) is 97.1 Å². The van der Waals surface area contributed by atoms with Gasteiger partial charge in [0.25, 0.3) is 5.91 Å². The molecule has 0 radical (unpaired) electrons. The molecule has 42 heavy (non-hydrogen) atoms. The highest BCUT2D eigenvalue weighted by Gasteiger charge is 2.16. The number of anilines is 3. The number of rotatable bonds is 11. The first-order valence-electron chi connectivity index (χ1n) is 14.3. The number of nitrogens with zero attached hydrogens (tertiary/aromatic N) is 4. The standard InChI is InChI=1S/C33H34N6O3/c1-24(32(40)34-26-10-3-2-4-11-26)42-29-12-7-9-25(23-29)30-13-8-14-31-36-33(37-39(30)31)35-27-15-17-28(18-16-27)41-22-21-38-19-5-6-20-38/h2-4,7-18,23-24H,5-6,19-22H2,1H3,(H,34,40)(H,35,37). The van der Waals surface area contributed by atoms with Gasteiger partial charge in [-0.2, -0.15) is 4.98 Å². The number of carbonyl (C=O) groups is 1. The molecule has 1 aliphatic heterocycles. The van der Waals surface area contributed by atoms with E-state index in [-0.39, 0.29) is 5.91 Å². The summed E-state index contributed by atoms with van der Waals surface area (Å²) in [5, 5.41) is 10.9. The smallest absolute Gasteiger partial charge is 0.265 e. The molecule has 1 atom stereocenters. The maximum Gasteiger partial charge on any atom is 0.265 e. The molecule has 0 bridgehead atoms. The normalized spacial score (nSPS) is 14.0. The van der Waals surface area contributed by atoms with E-state index in [2.05, 4.69) is 20.5 Å². The minimum atomic E-state index is -0.680. The van der Waals surface area contributed by atoms with Crippen molar-refractivity contribution in [1.82, 2.24) is 19.5 Å². The highest BCUT2D eigenvalue weighted by Crippen LogP contribution is 2.26. The van der Waals surface area contributed by atoms with Crippen LogP contribution in [0.1, 0.15) is 19.8 Å². The van der Waals surface area contributed by atoms with Gasteiger partial charge in [-0.15, -0.1) is 5.10 Å². The molecule has 5 aromatic rings. The van der Waals surface area contributed by atoms with Crippen LogP contribution in [0, 0.1) is 0 Å². The fraction of sp³-hybridized carbons (Fsp3) is 0.242. The Hall–Kier alpha value is -4.89. The van der Waals surface area contributed by atoms with Gasteiger partial charge in [-0.25, -0.2) is 4.52 Å². The lowest BCUT2D eigenvalue weighted by Gasteiger charge is -2.15. The lowest BCUT2D eigenvalue weighted by molar-refractivity contribution is -0.122. The van der Waals surface area contributed by atoms with Gasteiger partial charge in [-0.3, -0.25) is 9.69 Å². The molecule has 6 rings (SSSR count). The molecule has 1 amide bonds. The van der Waals surface area contributed by atoms with Crippen molar-refractivity contribution in [3.8, 4) is 22.8 Å². The van der Waals surface area contributed by atoms with Gasteiger partial charge in [0.15, 0.2) is 11.8 Å². The van der Waals surface area contributed by atoms with Gasteiger partial charge in [-0.05, 0) is 93.5 Å². The largest absolute Gasteiger partial charge is 0.492 e. The van der Waals surface area contributed by atoms with Gasteiger partial charge in [0.1, 0.15) is 18.1 Å². The van der Waals surface area contributed by atoms with E-state index in [1.54, 1.807) is 11.4 Å². The van der Waals surface area contributed by atoms with Gasteiger partial charge in [0.2, 0.25) is 5.95 Å². The van der Waals surface area contributed by atoms with Crippen LogP contribution in [0.25, 0.3) is 16.9 Å². The number of hydrogen-bond acceptors (Lipinski definition) is 7.